The molecular formula is C15H9Cl3N2OS. The number of carbonyl (C=O) groups is 1. The third-order valence-electron chi connectivity index (χ3n) is 3.14. The summed E-state index contributed by atoms with van der Waals surface area (Å²) < 4.78 is 0.958. The molecule has 1 N–H and O–H groups in total. The number of amides is 1. The predicted octanol–water partition coefficient (Wildman–Crippen LogP) is 5.82. The zero-order chi connectivity index (χ0) is 15.9. The molecule has 0 aliphatic carbocycles. The van der Waals surface area contributed by atoms with Gasteiger partial charge < -0.3 is 0 Å². The van der Waals surface area contributed by atoms with Crippen LogP contribution in [0.4, 0.5) is 5.13 Å². The van der Waals surface area contributed by atoms with Gasteiger partial charge in [0.15, 0.2) is 5.13 Å². The van der Waals surface area contributed by atoms with Gasteiger partial charge in [-0.3, -0.25) is 10.1 Å². The summed E-state index contributed by atoms with van der Waals surface area (Å²) in [7, 11) is 0. The van der Waals surface area contributed by atoms with E-state index < -0.39 is 0 Å². The Hall–Kier alpha value is -1.33. The molecule has 0 bridgehead atoms. The molecule has 7 heteroatoms. The highest BCUT2D eigenvalue weighted by Gasteiger charge is 2.14. The molecule has 3 nitrogen and oxygen atoms in total. The van der Waals surface area contributed by atoms with E-state index in [0.29, 0.717) is 25.8 Å². The molecule has 0 fully saturated rings. The SMILES string of the molecule is Cc1c(Cl)ccc2sc(NC(=O)c3ccc(Cl)cc3Cl)nc12. The second kappa shape index (κ2) is 6.05. The number of fused-ring (bicyclic) bond motifs is 1. The van der Waals surface area contributed by atoms with Crippen LogP contribution in [0, 0.1) is 6.92 Å². The van der Waals surface area contributed by atoms with Crippen molar-refractivity contribution in [2.75, 3.05) is 5.32 Å². The predicted molar refractivity (Wildman–Crippen MR) is 93.8 cm³/mol. The van der Waals surface area contributed by atoms with Crippen molar-refractivity contribution in [1.29, 1.82) is 0 Å². The van der Waals surface area contributed by atoms with Crippen molar-refractivity contribution < 1.29 is 4.79 Å². The molecule has 3 rings (SSSR count). The molecule has 1 aromatic heterocycles. The lowest BCUT2D eigenvalue weighted by Gasteiger charge is -2.04. The molecule has 0 unspecified atom stereocenters. The first kappa shape index (κ1) is 15.6. The maximum Gasteiger partial charge on any atom is 0.258 e. The number of hydrogen-bond donors (Lipinski definition) is 1. The van der Waals surface area contributed by atoms with E-state index in [2.05, 4.69) is 10.3 Å². The largest absolute Gasteiger partial charge is 0.298 e. The molecule has 0 aliphatic heterocycles. The number of rotatable bonds is 2. The van der Waals surface area contributed by atoms with Crippen molar-refractivity contribution in [3.8, 4) is 0 Å². The lowest BCUT2D eigenvalue weighted by Crippen LogP contribution is -2.12. The second-order valence-electron chi connectivity index (χ2n) is 4.62. The summed E-state index contributed by atoms with van der Waals surface area (Å²) in [6, 6.07) is 8.42. The zero-order valence-corrected chi connectivity index (χ0v) is 14.4. The molecule has 1 heterocycles. The molecule has 0 aliphatic rings. The lowest BCUT2D eigenvalue weighted by molar-refractivity contribution is 0.102. The van der Waals surface area contributed by atoms with E-state index in [4.69, 9.17) is 34.8 Å². The van der Waals surface area contributed by atoms with Crippen LogP contribution in [0.25, 0.3) is 10.2 Å². The summed E-state index contributed by atoms with van der Waals surface area (Å²) in [4.78, 5) is 16.7. The third-order valence-corrected chi connectivity index (χ3v) is 5.04. The number of aromatic nitrogens is 1. The minimum atomic E-state index is -0.329. The summed E-state index contributed by atoms with van der Waals surface area (Å²) in [6.45, 7) is 1.89. The number of hydrogen-bond acceptors (Lipinski definition) is 3. The first-order chi connectivity index (χ1) is 10.5. The van der Waals surface area contributed by atoms with Crippen molar-refractivity contribution in [3.05, 3.63) is 56.5 Å². The van der Waals surface area contributed by atoms with Gasteiger partial charge in [0, 0.05) is 10.0 Å². The van der Waals surface area contributed by atoms with E-state index in [1.54, 1.807) is 12.1 Å². The van der Waals surface area contributed by atoms with Gasteiger partial charge in [0.05, 0.1) is 20.8 Å². The fourth-order valence-corrected chi connectivity index (χ4v) is 3.56. The van der Waals surface area contributed by atoms with Gasteiger partial charge in [-0.2, -0.15) is 0 Å². The van der Waals surface area contributed by atoms with Crippen LogP contribution in [-0.2, 0) is 0 Å². The molecule has 0 spiro atoms. The van der Waals surface area contributed by atoms with Crippen LogP contribution in [-0.4, -0.2) is 10.9 Å². The van der Waals surface area contributed by atoms with Crippen molar-refractivity contribution in [1.82, 2.24) is 4.98 Å². The number of nitrogens with zero attached hydrogens (tertiary/aromatic N) is 1. The fourth-order valence-electron chi connectivity index (χ4n) is 1.99. The number of anilines is 1. The summed E-state index contributed by atoms with van der Waals surface area (Å²) in [5.74, 6) is -0.329. The third kappa shape index (κ3) is 2.92. The molecule has 3 aromatic rings. The molecule has 1 amide bonds. The summed E-state index contributed by atoms with van der Waals surface area (Å²) in [5.41, 5.74) is 2.02. The number of carbonyl (C=O) groups excluding carboxylic acids is 1. The molecule has 0 atom stereocenters. The van der Waals surface area contributed by atoms with E-state index in [-0.39, 0.29) is 5.91 Å². The van der Waals surface area contributed by atoms with Crippen molar-refractivity contribution in [3.63, 3.8) is 0 Å². The van der Waals surface area contributed by atoms with E-state index >= 15 is 0 Å². The summed E-state index contributed by atoms with van der Waals surface area (Å²) in [5, 5.41) is 4.67. The smallest absolute Gasteiger partial charge is 0.258 e. The monoisotopic (exact) mass is 370 g/mol. The van der Waals surface area contributed by atoms with Gasteiger partial charge in [0.1, 0.15) is 0 Å². The molecule has 2 aromatic carbocycles. The van der Waals surface area contributed by atoms with Gasteiger partial charge in [0.25, 0.3) is 5.91 Å². The van der Waals surface area contributed by atoms with E-state index in [1.807, 2.05) is 19.1 Å². The molecule has 112 valence electrons. The maximum absolute atomic E-state index is 12.3. The highest BCUT2D eigenvalue weighted by atomic mass is 35.5. The number of nitrogens with one attached hydrogen (secondary N) is 1. The van der Waals surface area contributed by atoms with Crippen LogP contribution in [0.2, 0.25) is 15.1 Å². The molecule has 22 heavy (non-hydrogen) atoms. The normalized spacial score (nSPS) is 10.9. The van der Waals surface area contributed by atoms with Gasteiger partial charge in [0.2, 0.25) is 0 Å². The molecule has 0 radical (unpaired) electrons. The van der Waals surface area contributed by atoms with Crippen LogP contribution in [0.3, 0.4) is 0 Å². The standard InChI is InChI=1S/C15H9Cl3N2OS/c1-7-10(17)4-5-12-13(7)19-15(22-12)20-14(21)9-3-2-8(16)6-11(9)18/h2-6H,1H3,(H,19,20,21). The zero-order valence-electron chi connectivity index (χ0n) is 11.3. The quantitative estimate of drug-likeness (QED) is 0.617. The number of halogens is 3. The number of thiazole rings is 1. The van der Waals surface area contributed by atoms with Crippen molar-refractivity contribution >= 4 is 67.4 Å². The number of aryl methyl sites for hydroxylation is 1. The Balaban J connectivity index is 1.92. The first-order valence-electron chi connectivity index (χ1n) is 6.28. The van der Waals surface area contributed by atoms with E-state index in [9.17, 15) is 4.79 Å². The maximum atomic E-state index is 12.3. The van der Waals surface area contributed by atoms with Crippen LogP contribution >= 0.6 is 46.1 Å². The van der Waals surface area contributed by atoms with Crippen molar-refractivity contribution in [2.45, 2.75) is 6.92 Å². The Labute approximate surface area is 145 Å². The highest BCUT2D eigenvalue weighted by Crippen LogP contribution is 2.32. The van der Waals surface area contributed by atoms with Crippen LogP contribution in [0.15, 0.2) is 30.3 Å². The fraction of sp³-hybridized carbons (Fsp3) is 0.0667. The average molecular weight is 372 g/mol. The average Bonchev–Trinajstić information content (AvgIpc) is 2.86. The van der Waals surface area contributed by atoms with Gasteiger partial charge in [-0.05, 0) is 42.8 Å². The van der Waals surface area contributed by atoms with Gasteiger partial charge in [-0.15, -0.1) is 0 Å². The first-order valence-corrected chi connectivity index (χ1v) is 8.23. The number of benzene rings is 2. The molecular weight excluding hydrogens is 363 g/mol. The Morgan fingerprint density at radius 3 is 2.64 bits per heavy atom. The van der Waals surface area contributed by atoms with E-state index in [1.165, 1.54) is 17.4 Å². The lowest BCUT2D eigenvalue weighted by atomic mass is 10.2. The molecule has 0 saturated heterocycles. The van der Waals surface area contributed by atoms with Crippen LogP contribution in [0.5, 0.6) is 0 Å². The van der Waals surface area contributed by atoms with Crippen molar-refractivity contribution in [2.24, 2.45) is 0 Å². The Morgan fingerprint density at radius 1 is 1.14 bits per heavy atom. The van der Waals surface area contributed by atoms with Gasteiger partial charge in [-0.25, -0.2) is 4.98 Å². The Bertz CT molecular complexity index is 892. The van der Waals surface area contributed by atoms with Gasteiger partial charge >= 0.3 is 0 Å². The molecule has 0 saturated carbocycles. The second-order valence-corrected chi connectivity index (χ2v) is 6.90. The Kier molecular flexibility index (Phi) is 4.28. The van der Waals surface area contributed by atoms with E-state index in [0.717, 1.165) is 15.8 Å². The van der Waals surface area contributed by atoms with Crippen LogP contribution < -0.4 is 5.32 Å². The minimum Gasteiger partial charge on any atom is -0.298 e. The van der Waals surface area contributed by atoms with Gasteiger partial charge in [-0.1, -0.05) is 46.1 Å². The highest BCUT2D eigenvalue weighted by molar-refractivity contribution is 7.22. The topological polar surface area (TPSA) is 42.0 Å². The summed E-state index contributed by atoms with van der Waals surface area (Å²) >= 11 is 19.3. The minimum absolute atomic E-state index is 0.297. The Morgan fingerprint density at radius 2 is 1.91 bits per heavy atom. The van der Waals surface area contributed by atoms with Crippen LogP contribution in [0.1, 0.15) is 15.9 Å². The summed E-state index contributed by atoms with van der Waals surface area (Å²) in [6.07, 6.45) is 0.